The highest BCUT2D eigenvalue weighted by Gasteiger charge is 2.47. The number of amides is 1. The Morgan fingerprint density at radius 3 is 2.04 bits per heavy atom. The van der Waals surface area contributed by atoms with Crippen LogP contribution in [0.2, 0.25) is 0 Å². The molecule has 11 nitrogen and oxygen atoms in total. The van der Waals surface area contributed by atoms with E-state index in [4.69, 9.17) is 15.3 Å². The Morgan fingerprint density at radius 1 is 1.26 bits per heavy atom. The van der Waals surface area contributed by atoms with Crippen LogP contribution in [-0.4, -0.2) is 66.0 Å². The molecular formula is C11H15NO10S. The Kier molecular flexibility index (Phi) is 6.86. The molecule has 0 heterocycles. The first kappa shape index (κ1) is 20.5. The van der Waals surface area contributed by atoms with E-state index in [-0.39, 0.29) is 12.0 Å². The van der Waals surface area contributed by atoms with Gasteiger partial charge in [0.05, 0.1) is 6.26 Å². The van der Waals surface area contributed by atoms with Crippen LogP contribution in [0.25, 0.3) is 0 Å². The topological polar surface area (TPSA) is 184 Å². The van der Waals surface area contributed by atoms with Gasteiger partial charge in [0.25, 0.3) is 10.1 Å². The van der Waals surface area contributed by atoms with E-state index >= 15 is 0 Å². The van der Waals surface area contributed by atoms with Crippen LogP contribution in [0.4, 0.5) is 0 Å². The molecule has 0 aromatic heterocycles. The number of carbonyl (C=O) groups is 4. The smallest absolute Gasteiger partial charge is 0.341 e. The van der Waals surface area contributed by atoms with Crippen molar-refractivity contribution in [3.8, 4) is 0 Å². The van der Waals surface area contributed by atoms with Gasteiger partial charge in [0, 0.05) is 12.8 Å². The summed E-state index contributed by atoms with van der Waals surface area (Å²) in [5.74, 6) is -5.49. The largest absolute Gasteiger partial charge is 0.479 e. The third-order valence-corrected chi connectivity index (χ3v) is 3.17. The van der Waals surface area contributed by atoms with Crippen molar-refractivity contribution in [1.29, 1.82) is 0 Å². The van der Waals surface area contributed by atoms with Crippen LogP contribution >= 0.6 is 0 Å². The Hall–Kier alpha value is -2.47. The highest BCUT2D eigenvalue weighted by molar-refractivity contribution is 7.86. The maximum absolute atomic E-state index is 11.2. The second-order valence-corrected chi connectivity index (χ2v) is 6.14. The van der Waals surface area contributed by atoms with Gasteiger partial charge in [0.15, 0.2) is 6.10 Å². The number of rotatable bonds is 11. The second kappa shape index (κ2) is 7.69. The van der Waals surface area contributed by atoms with Gasteiger partial charge in [-0.2, -0.15) is 8.42 Å². The zero-order valence-electron chi connectivity index (χ0n) is 11.9. The molecule has 0 aromatic carbocycles. The van der Waals surface area contributed by atoms with Gasteiger partial charge in [-0.1, -0.05) is 12.2 Å². The average Bonchev–Trinajstić information content (AvgIpc) is 2.34. The quantitative estimate of drug-likeness (QED) is 0.146. The van der Waals surface area contributed by atoms with Crippen molar-refractivity contribution in [1.82, 2.24) is 5.32 Å². The van der Waals surface area contributed by atoms with Crippen molar-refractivity contribution in [3.05, 3.63) is 12.2 Å². The predicted octanol–water partition coefficient (Wildman–Crippen LogP) is -1.59. The first-order chi connectivity index (χ1) is 10.4. The van der Waals surface area contributed by atoms with Gasteiger partial charge in [-0.05, 0) is 0 Å². The molecule has 0 radical (unpaired) electrons. The molecule has 0 aromatic rings. The van der Waals surface area contributed by atoms with Gasteiger partial charge in [0.1, 0.15) is 0 Å². The van der Waals surface area contributed by atoms with Crippen molar-refractivity contribution in [2.75, 3.05) is 6.26 Å². The van der Waals surface area contributed by atoms with E-state index in [1.54, 1.807) is 5.32 Å². The van der Waals surface area contributed by atoms with Crippen molar-refractivity contribution in [2.24, 2.45) is 0 Å². The molecular weight excluding hydrogens is 338 g/mol. The van der Waals surface area contributed by atoms with Gasteiger partial charge in [-0.15, -0.1) is 0 Å². The lowest BCUT2D eigenvalue weighted by molar-refractivity contribution is -0.160. The van der Waals surface area contributed by atoms with Crippen molar-refractivity contribution >= 4 is 34.4 Å². The van der Waals surface area contributed by atoms with Gasteiger partial charge in [0.2, 0.25) is 11.9 Å². The summed E-state index contributed by atoms with van der Waals surface area (Å²) in [6, 6.07) is 0. The zero-order chi connectivity index (χ0) is 18.4. The standard InChI is InChI=1S/C11H15NO10S/c1-6(3-7(8(14)15)22-23(2,20)21)4-11(9(16)17,10(18)19)12-5-13/h5,7H,1,3-4H2,2H3,(H,12,13)(H,14,15)(H,16,17)(H,18,19). The third kappa shape index (κ3) is 6.04. The lowest BCUT2D eigenvalue weighted by Crippen LogP contribution is -2.58. The summed E-state index contributed by atoms with van der Waals surface area (Å²) in [6.07, 6.45) is -2.98. The van der Waals surface area contributed by atoms with Gasteiger partial charge in [-0.3, -0.25) is 8.98 Å². The van der Waals surface area contributed by atoms with Gasteiger partial charge in [-0.25, -0.2) is 14.4 Å². The fourth-order valence-electron chi connectivity index (χ4n) is 1.60. The molecule has 0 saturated heterocycles. The molecule has 0 aliphatic rings. The van der Waals surface area contributed by atoms with E-state index in [1.807, 2.05) is 0 Å². The summed E-state index contributed by atoms with van der Waals surface area (Å²) in [5.41, 5.74) is -3.02. The predicted molar refractivity (Wildman–Crippen MR) is 72.9 cm³/mol. The van der Waals surface area contributed by atoms with Crippen molar-refractivity contribution < 1.29 is 47.1 Å². The Labute approximate surface area is 130 Å². The molecule has 0 fully saturated rings. The maximum atomic E-state index is 11.2. The fourth-order valence-corrected chi connectivity index (χ4v) is 2.17. The molecule has 4 N–H and O–H groups in total. The molecule has 1 unspecified atom stereocenters. The van der Waals surface area contributed by atoms with Crippen LogP contribution < -0.4 is 5.32 Å². The normalized spacial score (nSPS) is 12.9. The van der Waals surface area contributed by atoms with Crippen LogP contribution in [0.3, 0.4) is 0 Å². The summed E-state index contributed by atoms with van der Waals surface area (Å²) in [4.78, 5) is 43.7. The molecule has 0 bridgehead atoms. The van der Waals surface area contributed by atoms with E-state index < -0.39 is 52.5 Å². The molecule has 1 amide bonds. The molecule has 0 aliphatic carbocycles. The van der Waals surface area contributed by atoms with Gasteiger partial charge < -0.3 is 20.6 Å². The number of carbonyl (C=O) groups excluding carboxylic acids is 1. The monoisotopic (exact) mass is 353 g/mol. The van der Waals surface area contributed by atoms with E-state index in [2.05, 4.69) is 10.8 Å². The van der Waals surface area contributed by atoms with Crippen molar-refractivity contribution in [3.63, 3.8) is 0 Å². The minimum absolute atomic E-state index is 0.142. The molecule has 0 aliphatic heterocycles. The summed E-state index contributed by atoms with van der Waals surface area (Å²) in [5, 5.41) is 28.5. The number of hydrogen-bond acceptors (Lipinski definition) is 7. The van der Waals surface area contributed by atoms with Crippen LogP contribution in [0.1, 0.15) is 12.8 Å². The lowest BCUT2D eigenvalue weighted by atomic mass is 9.89. The van der Waals surface area contributed by atoms with Crippen LogP contribution in [0.15, 0.2) is 12.2 Å². The average molecular weight is 353 g/mol. The molecule has 0 rings (SSSR count). The first-order valence-corrected chi connectivity index (χ1v) is 7.63. The molecule has 1 atom stereocenters. The number of hydrogen-bond donors (Lipinski definition) is 4. The summed E-state index contributed by atoms with van der Waals surface area (Å²) in [6.45, 7) is 3.32. The van der Waals surface area contributed by atoms with Gasteiger partial charge >= 0.3 is 17.9 Å². The van der Waals surface area contributed by atoms with Crippen LogP contribution in [-0.2, 0) is 33.5 Å². The van der Waals surface area contributed by atoms with Crippen LogP contribution in [0, 0.1) is 0 Å². The second-order valence-electron chi connectivity index (χ2n) is 4.54. The van der Waals surface area contributed by atoms with Crippen LogP contribution in [0.5, 0.6) is 0 Å². The first-order valence-electron chi connectivity index (χ1n) is 5.81. The Bertz CT molecular complexity index is 609. The van der Waals surface area contributed by atoms with E-state index in [1.165, 1.54) is 0 Å². The summed E-state index contributed by atoms with van der Waals surface area (Å²) < 4.78 is 26.2. The molecule has 130 valence electrons. The molecule has 23 heavy (non-hydrogen) atoms. The highest BCUT2D eigenvalue weighted by Crippen LogP contribution is 2.22. The van der Waals surface area contributed by atoms with Crippen molar-refractivity contribution in [2.45, 2.75) is 24.5 Å². The van der Waals surface area contributed by atoms with E-state index in [0.29, 0.717) is 6.26 Å². The lowest BCUT2D eigenvalue weighted by Gasteiger charge is -2.25. The van der Waals surface area contributed by atoms with E-state index in [0.717, 1.165) is 0 Å². The minimum Gasteiger partial charge on any atom is -0.479 e. The maximum Gasteiger partial charge on any atom is 0.341 e. The van der Waals surface area contributed by atoms with E-state index in [9.17, 15) is 27.6 Å². The third-order valence-electron chi connectivity index (χ3n) is 2.59. The minimum atomic E-state index is -4.13. The Balaban J connectivity index is 5.34. The number of carboxylic acids is 3. The molecule has 0 spiro atoms. The summed E-state index contributed by atoms with van der Waals surface area (Å²) in [7, 11) is -4.13. The number of carboxylic acid groups (broad SMARTS) is 3. The molecule has 0 saturated carbocycles. The number of nitrogens with one attached hydrogen (secondary N) is 1. The highest BCUT2D eigenvalue weighted by atomic mass is 32.2. The summed E-state index contributed by atoms with van der Waals surface area (Å²) >= 11 is 0. The zero-order valence-corrected chi connectivity index (χ0v) is 12.7. The number of aliphatic carboxylic acids is 3. The fraction of sp³-hybridized carbons (Fsp3) is 0.455. The Morgan fingerprint density at radius 2 is 1.74 bits per heavy atom. The molecule has 12 heteroatoms. The SMILES string of the molecule is C=C(CC(OS(C)(=O)=O)C(=O)O)CC(NC=O)(C(=O)O)C(=O)O.